The van der Waals surface area contributed by atoms with E-state index in [9.17, 15) is 14.4 Å². The van der Waals surface area contributed by atoms with Crippen LogP contribution in [0.15, 0.2) is 47.3 Å². The highest BCUT2D eigenvalue weighted by molar-refractivity contribution is 5.98. The fourth-order valence-corrected chi connectivity index (χ4v) is 5.24. The second kappa shape index (κ2) is 8.77. The van der Waals surface area contributed by atoms with Gasteiger partial charge in [-0.05, 0) is 67.9 Å². The van der Waals surface area contributed by atoms with Crippen molar-refractivity contribution in [3.05, 3.63) is 69.6 Å². The number of likely N-dealkylation sites (tertiary alicyclic amines) is 1. The van der Waals surface area contributed by atoms with E-state index >= 15 is 0 Å². The number of rotatable bonds is 5. The number of hydrogen-bond acceptors (Lipinski definition) is 3. The molecule has 1 amide bonds. The first-order valence-electron chi connectivity index (χ1n) is 11.7. The minimum atomic E-state index is -0.0911. The number of nitrogens with one attached hydrogen (secondary N) is 1. The second-order valence-corrected chi connectivity index (χ2v) is 9.04. The number of imidazole rings is 1. The zero-order chi connectivity index (χ0) is 22.1. The van der Waals surface area contributed by atoms with Gasteiger partial charge < -0.3 is 9.88 Å². The van der Waals surface area contributed by atoms with Crippen LogP contribution in [0, 0.1) is 0 Å². The van der Waals surface area contributed by atoms with E-state index in [1.807, 2.05) is 45.9 Å². The van der Waals surface area contributed by atoms with E-state index in [0.29, 0.717) is 13.1 Å². The van der Waals surface area contributed by atoms with Crippen LogP contribution in [-0.4, -0.2) is 39.2 Å². The normalized spacial score (nSPS) is 16.8. The van der Waals surface area contributed by atoms with Crippen molar-refractivity contribution in [1.82, 2.24) is 14.5 Å². The van der Waals surface area contributed by atoms with E-state index in [1.54, 1.807) is 0 Å². The lowest BCUT2D eigenvalue weighted by atomic mass is 9.89. The second-order valence-electron chi connectivity index (χ2n) is 9.04. The Morgan fingerprint density at radius 3 is 2.50 bits per heavy atom. The minimum Gasteiger partial charge on any atom is -0.343 e. The lowest BCUT2D eigenvalue weighted by molar-refractivity contribution is -0.132. The lowest BCUT2D eigenvalue weighted by Crippen LogP contribution is -2.40. The Hall–Kier alpha value is -3.15. The van der Waals surface area contributed by atoms with Crippen LogP contribution < -0.4 is 5.69 Å². The molecule has 3 aromatic rings. The third-order valence-electron chi connectivity index (χ3n) is 7.04. The summed E-state index contributed by atoms with van der Waals surface area (Å²) in [4.78, 5) is 42.6. The Bertz CT molecular complexity index is 1210. The van der Waals surface area contributed by atoms with Gasteiger partial charge in [0.2, 0.25) is 5.91 Å². The predicted molar refractivity (Wildman–Crippen MR) is 124 cm³/mol. The van der Waals surface area contributed by atoms with E-state index in [2.05, 4.69) is 11.1 Å². The number of aromatic nitrogens is 2. The number of fused-ring (bicyclic) bond motifs is 2. The highest BCUT2D eigenvalue weighted by Crippen LogP contribution is 2.26. The number of hydrogen-bond donors (Lipinski definition) is 1. The summed E-state index contributed by atoms with van der Waals surface area (Å²) in [5, 5.41) is 0. The number of nitrogens with zero attached hydrogens (tertiary/aromatic N) is 2. The average Bonchev–Trinajstić information content (AvgIpc) is 3.17. The first-order chi connectivity index (χ1) is 15.6. The standard InChI is InChI=1S/C26H29N3O3/c30-24(20-10-9-18-5-1-2-6-19(18)17-20)11-12-25(31)28-15-13-21(14-16-28)29-23-8-4-3-7-22(23)27-26(29)32/h3-4,7-10,17,21H,1-2,5-6,11-16H2,(H,27,32). The van der Waals surface area contributed by atoms with E-state index in [4.69, 9.17) is 0 Å². The Kier molecular flexibility index (Phi) is 5.68. The summed E-state index contributed by atoms with van der Waals surface area (Å²) in [6, 6.07) is 13.8. The van der Waals surface area contributed by atoms with Crippen molar-refractivity contribution in [2.24, 2.45) is 0 Å². The maximum absolute atomic E-state index is 12.7. The van der Waals surface area contributed by atoms with Crippen LogP contribution in [0.5, 0.6) is 0 Å². The molecule has 0 radical (unpaired) electrons. The number of ketones is 1. The monoisotopic (exact) mass is 431 g/mol. The van der Waals surface area contributed by atoms with E-state index < -0.39 is 0 Å². The first-order valence-corrected chi connectivity index (χ1v) is 11.7. The number of para-hydroxylation sites is 2. The molecule has 5 rings (SSSR count). The number of Topliss-reactive ketones (excluding diaryl/α,β-unsaturated/α-hetero) is 1. The van der Waals surface area contributed by atoms with Crippen molar-refractivity contribution in [2.75, 3.05) is 13.1 Å². The quantitative estimate of drug-likeness (QED) is 0.620. The van der Waals surface area contributed by atoms with Gasteiger partial charge in [-0.2, -0.15) is 0 Å². The van der Waals surface area contributed by atoms with Gasteiger partial charge in [-0.3, -0.25) is 14.2 Å². The highest BCUT2D eigenvalue weighted by Gasteiger charge is 2.26. The van der Waals surface area contributed by atoms with Gasteiger partial charge in [-0.1, -0.05) is 24.3 Å². The molecule has 2 aromatic carbocycles. The molecule has 32 heavy (non-hydrogen) atoms. The molecule has 1 aliphatic carbocycles. The minimum absolute atomic E-state index is 0.0287. The Morgan fingerprint density at radius 2 is 1.69 bits per heavy atom. The van der Waals surface area contributed by atoms with Gasteiger partial charge in [0, 0.05) is 37.5 Å². The van der Waals surface area contributed by atoms with E-state index in [0.717, 1.165) is 42.3 Å². The van der Waals surface area contributed by atoms with Crippen LogP contribution in [0.4, 0.5) is 0 Å². The van der Waals surface area contributed by atoms with Crippen LogP contribution in [-0.2, 0) is 17.6 Å². The summed E-state index contributed by atoms with van der Waals surface area (Å²) in [6.07, 6.45) is 6.53. The average molecular weight is 432 g/mol. The molecule has 6 nitrogen and oxygen atoms in total. The largest absolute Gasteiger partial charge is 0.343 e. The molecule has 1 saturated heterocycles. The molecule has 0 atom stereocenters. The molecule has 1 aliphatic heterocycles. The molecule has 1 aromatic heterocycles. The van der Waals surface area contributed by atoms with Crippen molar-refractivity contribution in [3.8, 4) is 0 Å². The predicted octanol–water partition coefficient (Wildman–Crippen LogP) is 4.04. The molecule has 6 heteroatoms. The van der Waals surface area contributed by atoms with Gasteiger partial charge in [0.05, 0.1) is 11.0 Å². The maximum Gasteiger partial charge on any atom is 0.326 e. The molecule has 1 fully saturated rings. The molecular weight excluding hydrogens is 402 g/mol. The van der Waals surface area contributed by atoms with Crippen LogP contribution in [0.3, 0.4) is 0 Å². The van der Waals surface area contributed by atoms with Gasteiger partial charge in [0.15, 0.2) is 5.78 Å². The zero-order valence-corrected chi connectivity index (χ0v) is 18.3. The van der Waals surface area contributed by atoms with Crippen molar-refractivity contribution in [3.63, 3.8) is 0 Å². The number of piperidine rings is 1. The Balaban J connectivity index is 1.17. The van der Waals surface area contributed by atoms with Crippen molar-refractivity contribution in [2.45, 2.75) is 57.4 Å². The molecule has 0 spiro atoms. The van der Waals surface area contributed by atoms with Crippen LogP contribution in [0.1, 0.15) is 66.1 Å². The lowest BCUT2D eigenvalue weighted by Gasteiger charge is -2.32. The van der Waals surface area contributed by atoms with Crippen molar-refractivity contribution < 1.29 is 9.59 Å². The molecule has 2 aliphatic rings. The summed E-state index contributed by atoms with van der Waals surface area (Å²) >= 11 is 0. The number of H-pyrrole nitrogens is 1. The van der Waals surface area contributed by atoms with Crippen LogP contribution in [0.25, 0.3) is 11.0 Å². The fourth-order valence-electron chi connectivity index (χ4n) is 5.24. The van der Waals surface area contributed by atoms with Gasteiger partial charge in [-0.15, -0.1) is 0 Å². The smallest absolute Gasteiger partial charge is 0.326 e. The van der Waals surface area contributed by atoms with Gasteiger partial charge >= 0.3 is 5.69 Å². The fraction of sp³-hybridized carbons (Fsp3) is 0.423. The Morgan fingerprint density at radius 1 is 0.938 bits per heavy atom. The number of aryl methyl sites for hydroxylation is 2. The molecule has 1 N–H and O–H groups in total. The van der Waals surface area contributed by atoms with Crippen LogP contribution in [0.2, 0.25) is 0 Å². The third-order valence-corrected chi connectivity index (χ3v) is 7.04. The molecule has 0 saturated carbocycles. The van der Waals surface area contributed by atoms with Gasteiger partial charge in [0.25, 0.3) is 0 Å². The SMILES string of the molecule is O=C(CCC(=O)N1CCC(n2c(=O)[nH]c3ccccc32)CC1)c1ccc2c(c1)CCCC2. The first kappa shape index (κ1) is 20.7. The molecule has 0 unspecified atom stereocenters. The molecule has 166 valence electrons. The van der Waals surface area contributed by atoms with Crippen LogP contribution >= 0.6 is 0 Å². The third kappa shape index (κ3) is 4.01. The summed E-state index contributed by atoms with van der Waals surface area (Å²) in [5.41, 5.74) is 5.06. The topological polar surface area (TPSA) is 75.2 Å². The van der Waals surface area contributed by atoms with Gasteiger partial charge in [0.1, 0.15) is 0 Å². The van der Waals surface area contributed by atoms with E-state index in [-0.39, 0.29) is 36.3 Å². The number of aromatic amines is 1. The highest BCUT2D eigenvalue weighted by atomic mass is 16.2. The number of carbonyl (C=O) groups is 2. The number of benzene rings is 2. The Labute approximate surface area is 187 Å². The zero-order valence-electron chi connectivity index (χ0n) is 18.3. The summed E-state index contributed by atoms with van der Waals surface area (Å²) < 4.78 is 1.83. The maximum atomic E-state index is 12.7. The van der Waals surface area contributed by atoms with Gasteiger partial charge in [-0.25, -0.2) is 4.79 Å². The van der Waals surface area contributed by atoms with Crippen molar-refractivity contribution >= 4 is 22.7 Å². The molecule has 0 bridgehead atoms. The summed E-state index contributed by atoms with van der Waals surface area (Å²) in [5.74, 6) is 0.0768. The molecular formula is C26H29N3O3. The number of carbonyl (C=O) groups excluding carboxylic acids is 2. The van der Waals surface area contributed by atoms with E-state index in [1.165, 1.54) is 24.0 Å². The molecule has 2 heterocycles. The summed E-state index contributed by atoms with van der Waals surface area (Å²) in [6.45, 7) is 1.23. The van der Waals surface area contributed by atoms with Crippen molar-refractivity contribution in [1.29, 1.82) is 0 Å². The summed E-state index contributed by atoms with van der Waals surface area (Å²) in [7, 11) is 0. The number of amides is 1.